The van der Waals surface area contributed by atoms with Crippen molar-refractivity contribution in [2.24, 2.45) is 4.99 Å². The number of benzene rings is 1. The molecule has 1 aromatic carbocycles. The van der Waals surface area contributed by atoms with Crippen molar-refractivity contribution in [2.45, 2.75) is 26.9 Å². The number of nitrogens with one attached hydrogen (secondary N) is 1. The van der Waals surface area contributed by atoms with Crippen molar-refractivity contribution in [1.82, 2.24) is 15.2 Å². The molecule has 1 heterocycles. The second-order valence-electron chi connectivity index (χ2n) is 5.10. The van der Waals surface area contributed by atoms with Gasteiger partial charge in [0.1, 0.15) is 5.01 Å². The van der Waals surface area contributed by atoms with Crippen LogP contribution in [0.5, 0.6) is 0 Å². The number of nitrogens with zero attached hydrogens (tertiary/aromatic N) is 3. The van der Waals surface area contributed by atoms with E-state index in [1.54, 1.807) is 18.4 Å². The van der Waals surface area contributed by atoms with E-state index in [2.05, 4.69) is 27.1 Å². The van der Waals surface area contributed by atoms with E-state index < -0.39 is 0 Å². The Morgan fingerprint density at radius 1 is 1.35 bits per heavy atom. The summed E-state index contributed by atoms with van der Waals surface area (Å²) >= 11 is 7.93. The lowest BCUT2D eigenvalue weighted by Gasteiger charge is -2.22. The van der Waals surface area contributed by atoms with Crippen molar-refractivity contribution < 1.29 is 0 Å². The highest BCUT2D eigenvalue weighted by molar-refractivity contribution is 14.0. The third-order valence-electron chi connectivity index (χ3n) is 3.41. The highest BCUT2D eigenvalue weighted by Gasteiger charge is 2.10. The first kappa shape index (κ1) is 20.2. The molecule has 0 saturated carbocycles. The normalized spacial score (nSPS) is 11.1. The van der Waals surface area contributed by atoms with Crippen LogP contribution >= 0.6 is 46.9 Å². The molecule has 0 spiro atoms. The SMILES string of the molecule is CN=C(NCc1nc(C)c(C)s1)N(C)Cc1ccccc1Cl.I. The number of guanidine groups is 1. The molecule has 1 N–H and O–H groups in total. The van der Waals surface area contributed by atoms with Crippen LogP contribution in [0.1, 0.15) is 21.1 Å². The minimum Gasteiger partial charge on any atom is -0.350 e. The average Bonchev–Trinajstić information content (AvgIpc) is 2.81. The first-order chi connectivity index (χ1) is 10.5. The summed E-state index contributed by atoms with van der Waals surface area (Å²) in [5.74, 6) is 0.824. The quantitative estimate of drug-likeness (QED) is 0.418. The lowest BCUT2D eigenvalue weighted by molar-refractivity contribution is 0.476. The number of hydrogen-bond donors (Lipinski definition) is 1. The number of rotatable bonds is 4. The second kappa shape index (κ2) is 9.44. The fourth-order valence-electron chi connectivity index (χ4n) is 2.11. The Labute approximate surface area is 164 Å². The third-order valence-corrected chi connectivity index (χ3v) is 4.85. The maximum atomic E-state index is 6.21. The summed E-state index contributed by atoms with van der Waals surface area (Å²) in [6.07, 6.45) is 0. The highest BCUT2D eigenvalue weighted by Crippen LogP contribution is 2.17. The Bertz CT molecular complexity index is 652. The molecule has 0 aliphatic rings. The van der Waals surface area contributed by atoms with Gasteiger partial charge in [0, 0.05) is 30.5 Å². The van der Waals surface area contributed by atoms with E-state index in [-0.39, 0.29) is 24.0 Å². The Kier molecular flexibility index (Phi) is 8.28. The van der Waals surface area contributed by atoms with Crippen molar-refractivity contribution >= 4 is 52.9 Å². The number of aliphatic imine (C=N–C) groups is 1. The van der Waals surface area contributed by atoms with Crippen LogP contribution in [0.2, 0.25) is 5.02 Å². The Hall–Kier alpha value is -0.860. The minimum atomic E-state index is 0. The van der Waals surface area contributed by atoms with Crippen LogP contribution in [-0.4, -0.2) is 29.9 Å². The van der Waals surface area contributed by atoms with Gasteiger partial charge in [0.15, 0.2) is 5.96 Å². The van der Waals surface area contributed by atoms with E-state index in [1.165, 1.54) is 4.88 Å². The van der Waals surface area contributed by atoms with Crippen LogP contribution < -0.4 is 5.32 Å². The maximum Gasteiger partial charge on any atom is 0.194 e. The van der Waals surface area contributed by atoms with Crippen LogP contribution in [0, 0.1) is 13.8 Å². The fraction of sp³-hybridized carbons (Fsp3) is 0.375. The molecular weight excluding hydrogens is 443 g/mol. The minimum absolute atomic E-state index is 0. The molecule has 0 saturated heterocycles. The molecule has 0 unspecified atom stereocenters. The molecule has 0 bridgehead atoms. The third kappa shape index (κ3) is 5.61. The summed E-state index contributed by atoms with van der Waals surface area (Å²) in [6, 6.07) is 7.86. The van der Waals surface area contributed by atoms with Gasteiger partial charge in [-0.3, -0.25) is 4.99 Å². The van der Waals surface area contributed by atoms with Gasteiger partial charge in [-0.05, 0) is 25.5 Å². The number of aromatic nitrogens is 1. The average molecular weight is 465 g/mol. The highest BCUT2D eigenvalue weighted by atomic mass is 127. The molecule has 0 amide bonds. The van der Waals surface area contributed by atoms with Crippen molar-refractivity contribution in [1.29, 1.82) is 0 Å². The van der Waals surface area contributed by atoms with Gasteiger partial charge in [0.2, 0.25) is 0 Å². The molecule has 7 heteroatoms. The van der Waals surface area contributed by atoms with Gasteiger partial charge in [-0.25, -0.2) is 4.98 Å². The predicted molar refractivity (Wildman–Crippen MR) is 110 cm³/mol. The number of hydrogen-bond acceptors (Lipinski definition) is 3. The zero-order valence-corrected chi connectivity index (χ0v) is 17.7. The van der Waals surface area contributed by atoms with Crippen molar-refractivity contribution in [3.8, 4) is 0 Å². The van der Waals surface area contributed by atoms with Crippen LogP contribution in [0.4, 0.5) is 0 Å². The molecule has 23 heavy (non-hydrogen) atoms. The molecule has 4 nitrogen and oxygen atoms in total. The zero-order chi connectivity index (χ0) is 16.1. The van der Waals surface area contributed by atoms with E-state index in [4.69, 9.17) is 11.6 Å². The zero-order valence-electron chi connectivity index (χ0n) is 13.8. The maximum absolute atomic E-state index is 6.21. The first-order valence-corrected chi connectivity index (χ1v) is 8.28. The summed E-state index contributed by atoms with van der Waals surface area (Å²) in [6.45, 7) is 5.51. The summed E-state index contributed by atoms with van der Waals surface area (Å²) < 4.78 is 0. The largest absolute Gasteiger partial charge is 0.350 e. The van der Waals surface area contributed by atoms with Gasteiger partial charge in [0.05, 0.1) is 12.2 Å². The summed E-state index contributed by atoms with van der Waals surface area (Å²) in [7, 11) is 3.78. The van der Waals surface area contributed by atoms with Crippen molar-refractivity contribution in [3.63, 3.8) is 0 Å². The molecule has 2 rings (SSSR count). The first-order valence-electron chi connectivity index (χ1n) is 7.09. The number of thiazole rings is 1. The molecule has 0 aliphatic carbocycles. The molecular formula is C16H22ClIN4S. The molecule has 0 aliphatic heterocycles. The van der Waals surface area contributed by atoms with E-state index >= 15 is 0 Å². The summed E-state index contributed by atoms with van der Waals surface area (Å²) in [5.41, 5.74) is 2.18. The second-order valence-corrected chi connectivity index (χ2v) is 6.79. The molecule has 126 valence electrons. The van der Waals surface area contributed by atoms with E-state index in [0.29, 0.717) is 13.1 Å². The summed E-state index contributed by atoms with van der Waals surface area (Å²) in [4.78, 5) is 12.2. The van der Waals surface area contributed by atoms with Gasteiger partial charge in [-0.15, -0.1) is 35.3 Å². The predicted octanol–water partition coefficient (Wildman–Crippen LogP) is 4.24. The molecule has 0 fully saturated rings. The van der Waals surface area contributed by atoms with E-state index in [1.807, 2.05) is 38.2 Å². The Morgan fingerprint density at radius 2 is 2.04 bits per heavy atom. The van der Waals surface area contributed by atoms with Gasteiger partial charge in [0.25, 0.3) is 0 Å². The van der Waals surface area contributed by atoms with Crippen LogP contribution in [0.25, 0.3) is 0 Å². The standard InChI is InChI=1S/C16H21ClN4S.HI/c1-11-12(2)22-15(20-11)9-19-16(18-3)21(4)10-13-7-5-6-8-14(13)17;/h5-8H,9-10H2,1-4H3,(H,18,19);1H. The monoisotopic (exact) mass is 464 g/mol. The van der Waals surface area contributed by atoms with Crippen molar-refractivity contribution in [2.75, 3.05) is 14.1 Å². The van der Waals surface area contributed by atoms with E-state index in [0.717, 1.165) is 27.2 Å². The van der Waals surface area contributed by atoms with Crippen LogP contribution in [0.3, 0.4) is 0 Å². The molecule has 1 aromatic heterocycles. The topological polar surface area (TPSA) is 40.5 Å². The van der Waals surface area contributed by atoms with Gasteiger partial charge in [-0.2, -0.15) is 0 Å². The lowest BCUT2D eigenvalue weighted by atomic mass is 10.2. The Balaban J connectivity index is 0.00000264. The summed E-state index contributed by atoms with van der Waals surface area (Å²) in [5, 5.41) is 5.19. The number of aryl methyl sites for hydroxylation is 2. The molecule has 2 aromatic rings. The van der Waals surface area contributed by atoms with Gasteiger partial charge >= 0.3 is 0 Å². The fourth-order valence-corrected chi connectivity index (χ4v) is 3.18. The smallest absolute Gasteiger partial charge is 0.194 e. The van der Waals surface area contributed by atoms with Crippen LogP contribution in [0.15, 0.2) is 29.3 Å². The van der Waals surface area contributed by atoms with Crippen molar-refractivity contribution in [3.05, 3.63) is 50.4 Å². The van der Waals surface area contributed by atoms with Gasteiger partial charge in [-0.1, -0.05) is 29.8 Å². The number of halogens is 2. The lowest BCUT2D eigenvalue weighted by Crippen LogP contribution is -2.38. The van der Waals surface area contributed by atoms with Crippen LogP contribution in [-0.2, 0) is 13.1 Å². The molecule has 0 radical (unpaired) electrons. The van der Waals surface area contributed by atoms with E-state index in [9.17, 15) is 0 Å². The Morgan fingerprint density at radius 3 is 2.61 bits per heavy atom. The molecule has 0 atom stereocenters. The van der Waals surface area contributed by atoms with Gasteiger partial charge < -0.3 is 10.2 Å².